The van der Waals surface area contributed by atoms with Crippen molar-refractivity contribution in [1.29, 1.82) is 0 Å². The van der Waals surface area contributed by atoms with E-state index >= 15 is 0 Å². The van der Waals surface area contributed by atoms with Crippen LogP contribution in [0.2, 0.25) is 0 Å². The zero-order valence-corrected chi connectivity index (χ0v) is 35.0. The molecule has 19 heteroatoms. The van der Waals surface area contributed by atoms with Crippen molar-refractivity contribution >= 4 is 75.1 Å². The largest absolute Gasteiger partial charge is 2.00 e. The molecule has 0 saturated heterocycles. The third-order valence-electron chi connectivity index (χ3n) is 9.88. The number of benzene rings is 6. The van der Waals surface area contributed by atoms with Crippen molar-refractivity contribution in [2.45, 2.75) is 9.79 Å². The van der Waals surface area contributed by atoms with Gasteiger partial charge in [0.1, 0.15) is 11.5 Å². The van der Waals surface area contributed by atoms with E-state index in [9.17, 15) is 27.0 Å². The molecule has 11 rings (SSSR count). The topological polar surface area (TPSA) is 255 Å². The maximum Gasteiger partial charge on any atom is 2.00 e. The molecule has 61 heavy (non-hydrogen) atoms. The smallest absolute Gasteiger partial charge is 0.507 e. The first kappa shape index (κ1) is 39.7. The number of phenolic OH excluding ortho intramolecular Hbond substituents is 2. The second-order valence-corrected chi connectivity index (χ2v) is 16.4. The summed E-state index contributed by atoms with van der Waals surface area (Å²) in [5.74, 6) is 0.865. The van der Waals surface area contributed by atoms with Gasteiger partial charge in [0.15, 0.2) is 0 Å². The molecule has 3 aromatic heterocycles. The summed E-state index contributed by atoms with van der Waals surface area (Å²) >= 11 is 0. The molecule has 0 radical (unpaired) electrons. The minimum Gasteiger partial charge on any atom is -0.507 e. The first-order valence-corrected chi connectivity index (χ1v) is 20.7. The van der Waals surface area contributed by atoms with Crippen LogP contribution < -0.4 is 9.97 Å². The average molecular weight is 924 g/mol. The summed E-state index contributed by atoms with van der Waals surface area (Å²) < 4.78 is 61.8. The first-order valence-electron chi connectivity index (χ1n) is 17.8. The van der Waals surface area contributed by atoms with Gasteiger partial charge in [-0.25, -0.2) is 9.97 Å². The maximum atomic E-state index is 11.0. The van der Waals surface area contributed by atoms with Gasteiger partial charge in [0.25, 0.3) is 20.2 Å². The van der Waals surface area contributed by atoms with Crippen molar-refractivity contribution in [3.8, 4) is 57.1 Å². The zero-order chi connectivity index (χ0) is 41.5. The van der Waals surface area contributed by atoms with Gasteiger partial charge in [-0.1, -0.05) is 97.1 Å². The van der Waals surface area contributed by atoms with Gasteiger partial charge in [0, 0.05) is 57.0 Å². The normalized spacial score (nSPS) is 12.0. The molecule has 0 fully saturated rings. The van der Waals surface area contributed by atoms with E-state index in [2.05, 4.69) is 0 Å². The molecule has 16 nitrogen and oxygen atoms in total. The molecule has 0 aliphatic carbocycles. The number of rotatable bonds is 2. The number of aromatic hydroxyl groups is 2. The van der Waals surface area contributed by atoms with E-state index in [0.29, 0.717) is 58.0 Å². The molecule has 0 unspecified atom stereocenters. The first-order chi connectivity index (χ1) is 28.8. The SMILES string of the molecule is O=S(=O)(O)c1cc(O)c2c(O)cc(S(=O)(=O)O)cc2c1.[Zr+2].c1ccc2c(c1)-c1nc-2nc2[n-]c(nc3nc(nc4[n-]c(n1)c1ccccc41)-c1ccccc1-3)c1ccccc21. The standard InChI is InChI=1S/C32H16N8.C10H8O8S2.Zr/c1-2-10-18-17(9-1)25-33-26(18)38-28-21-13-5-6-14-22(21)30(35-28)40-32-24-16-8-7-15-23(24)31(36-32)39-29-20-12-4-3-11-19(20)27(34-29)37-25;11-8-3-6(19(13,14)15)1-5-2-7(20(16,17)18)4-9(12)10(5)8;/h1-16H;1-4,11-12H,(H,13,14,15)(H,16,17,18);/q-2;;+2. The molecule has 0 amide bonds. The van der Waals surface area contributed by atoms with Gasteiger partial charge in [-0.15, -0.1) is 0 Å². The summed E-state index contributed by atoms with van der Waals surface area (Å²) in [6.07, 6.45) is 0. The van der Waals surface area contributed by atoms with Gasteiger partial charge in [0.2, 0.25) is 0 Å². The van der Waals surface area contributed by atoms with E-state index in [-0.39, 0.29) is 37.0 Å². The zero-order valence-electron chi connectivity index (χ0n) is 30.9. The van der Waals surface area contributed by atoms with Crippen molar-refractivity contribution in [3.05, 3.63) is 121 Å². The van der Waals surface area contributed by atoms with Gasteiger partial charge in [0.05, 0.1) is 38.5 Å². The van der Waals surface area contributed by atoms with Crippen molar-refractivity contribution in [3.63, 3.8) is 0 Å². The van der Waals surface area contributed by atoms with E-state index in [4.69, 9.17) is 49.0 Å². The quantitative estimate of drug-likeness (QED) is 0.129. The van der Waals surface area contributed by atoms with Crippen molar-refractivity contribution in [2.24, 2.45) is 0 Å². The monoisotopic (exact) mass is 922 g/mol. The number of hydrogen-bond acceptors (Lipinski definition) is 12. The summed E-state index contributed by atoms with van der Waals surface area (Å²) in [5.41, 5.74) is 5.78. The fourth-order valence-electron chi connectivity index (χ4n) is 7.17. The van der Waals surface area contributed by atoms with Gasteiger partial charge < -0.3 is 40.1 Å². The van der Waals surface area contributed by atoms with Crippen LogP contribution in [0.3, 0.4) is 0 Å². The molecule has 296 valence electrons. The minimum atomic E-state index is -4.63. The second kappa shape index (κ2) is 14.8. The predicted octanol–water partition coefficient (Wildman–Crippen LogP) is 6.87. The molecule has 2 aliphatic heterocycles. The summed E-state index contributed by atoms with van der Waals surface area (Å²) in [6.45, 7) is 0. The Morgan fingerprint density at radius 2 is 0.689 bits per heavy atom. The van der Waals surface area contributed by atoms with Crippen LogP contribution in [0.25, 0.3) is 100 Å². The Morgan fingerprint density at radius 1 is 0.410 bits per heavy atom. The minimum absolute atomic E-state index is 0. The number of nitrogens with zero attached hydrogens (tertiary/aromatic N) is 8. The third kappa shape index (κ3) is 7.01. The summed E-state index contributed by atoms with van der Waals surface area (Å²) in [5, 5.41) is 22.5. The predicted molar refractivity (Wildman–Crippen MR) is 221 cm³/mol. The van der Waals surface area contributed by atoms with Crippen LogP contribution >= 0.6 is 0 Å². The Balaban J connectivity index is 0.000000193. The van der Waals surface area contributed by atoms with Crippen LogP contribution in [0.1, 0.15) is 0 Å². The van der Waals surface area contributed by atoms with Gasteiger partial charge in [-0.2, -0.15) is 16.8 Å². The van der Waals surface area contributed by atoms with Crippen LogP contribution in [-0.4, -0.2) is 66.1 Å². The van der Waals surface area contributed by atoms with E-state index < -0.39 is 41.5 Å². The van der Waals surface area contributed by atoms with Crippen LogP contribution in [0.5, 0.6) is 11.5 Å². The molecule has 0 spiro atoms. The molecule has 6 aromatic carbocycles. The van der Waals surface area contributed by atoms with Gasteiger partial charge in [-0.05, 0) is 39.1 Å². The number of fused-ring (bicyclic) bond motifs is 21. The number of aromatic nitrogens is 8. The van der Waals surface area contributed by atoms with Crippen LogP contribution in [0, 0.1) is 0 Å². The molecule has 9 aromatic rings. The van der Waals surface area contributed by atoms with Crippen LogP contribution in [-0.2, 0) is 46.4 Å². The van der Waals surface area contributed by atoms with Gasteiger partial charge in [-0.3, -0.25) is 9.11 Å². The second-order valence-electron chi connectivity index (χ2n) is 13.6. The van der Waals surface area contributed by atoms with Crippen molar-refractivity contribution < 1.29 is 62.4 Å². The average Bonchev–Trinajstić information content (AvgIpc) is 3.96. The van der Waals surface area contributed by atoms with Crippen molar-refractivity contribution in [1.82, 2.24) is 39.9 Å². The molecule has 2 aliphatic rings. The Morgan fingerprint density at radius 3 is 0.967 bits per heavy atom. The van der Waals surface area contributed by atoms with E-state index in [1.54, 1.807) is 0 Å². The molecule has 8 bridgehead atoms. The number of phenols is 2. The fourth-order valence-corrected chi connectivity index (χ4v) is 8.25. The third-order valence-corrected chi connectivity index (χ3v) is 11.5. The molecular weight excluding hydrogens is 900 g/mol. The Bertz CT molecular complexity index is 3340. The fraction of sp³-hybridized carbons (Fsp3) is 0. The van der Waals surface area contributed by atoms with E-state index in [1.165, 1.54) is 0 Å². The summed E-state index contributed by atoms with van der Waals surface area (Å²) in [4.78, 5) is 37.9. The maximum absolute atomic E-state index is 11.0. The molecule has 0 saturated carbocycles. The van der Waals surface area contributed by atoms with Crippen LogP contribution in [0.15, 0.2) is 131 Å². The molecule has 5 heterocycles. The van der Waals surface area contributed by atoms with Gasteiger partial charge >= 0.3 is 26.2 Å². The molecule has 4 N–H and O–H groups in total. The van der Waals surface area contributed by atoms with Crippen molar-refractivity contribution in [2.75, 3.05) is 0 Å². The molecule has 0 atom stereocenters. The van der Waals surface area contributed by atoms with E-state index in [0.717, 1.165) is 55.9 Å². The van der Waals surface area contributed by atoms with Crippen LogP contribution in [0.4, 0.5) is 0 Å². The van der Waals surface area contributed by atoms with E-state index in [1.807, 2.05) is 97.1 Å². The summed E-state index contributed by atoms with van der Waals surface area (Å²) in [6, 6.07) is 34.9. The molecular formula is C42H24N8O8S2Zr. The Labute approximate surface area is 363 Å². The Hall–Kier alpha value is -6.76. The Kier molecular flexibility index (Phi) is 9.60. The summed E-state index contributed by atoms with van der Waals surface area (Å²) in [7, 11) is -9.26. The number of hydrogen-bond donors (Lipinski definition) is 4.